The van der Waals surface area contributed by atoms with E-state index in [1.165, 1.54) is 0 Å². The predicted molar refractivity (Wildman–Crippen MR) is 68.8 cm³/mol. The lowest BCUT2D eigenvalue weighted by Crippen LogP contribution is -2.17. The summed E-state index contributed by atoms with van der Waals surface area (Å²) >= 11 is 9.33. The first-order valence-electron chi connectivity index (χ1n) is 4.60. The van der Waals surface area contributed by atoms with Crippen molar-refractivity contribution in [3.8, 4) is 5.69 Å². The lowest BCUT2D eigenvalue weighted by Gasteiger charge is -2.09. The van der Waals surface area contributed by atoms with Gasteiger partial charge in [-0.05, 0) is 28.1 Å². The summed E-state index contributed by atoms with van der Waals surface area (Å²) in [6.45, 7) is 0. The Balaban J connectivity index is 2.66. The van der Waals surface area contributed by atoms with Crippen LogP contribution in [0.4, 0.5) is 0 Å². The Morgan fingerprint density at radius 3 is 2.88 bits per heavy atom. The third kappa shape index (κ3) is 2.27. The molecule has 1 heterocycles. The van der Waals surface area contributed by atoms with E-state index in [0.717, 1.165) is 4.47 Å². The fourth-order valence-corrected chi connectivity index (χ4v) is 1.99. The van der Waals surface area contributed by atoms with Crippen molar-refractivity contribution >= 4 is 33.4 Å². The molecule has 0 amide bonds. The first-order chi connectivity index (χ1) is 8.13. The third-order valence-corrected chi connectivity index (χ3v) is 2.88. The van der Waals surface area contributed by atoms with Gasteiger partial charge >= 0.3 is 0 Å². The lowest BCUT2D eigenvalue weighted by atomic mass is 10.1. The summed E-state index contributed by atoms with van der Waals surface area (Å²) in [5, 5.41) is 16.2. The highest BCUT2D eigenvalue weighted by Gasteiger charge is 2.13. The number of oxime groups is 1. The van der Waals surface area contributed by atoms with Crippen molar-refractivity contribution in [1.82, 2.24) is 9.78 Å². The van der Waals surface area contributed by atoms with Gasteiger partial charge in [0, 0.05) is 6.20 Å². The normalized spacial score (nSPS) is 11.8. The van der Waals surface area contributed by atoms with Gasteiger partial charge in [0.1, 0.15) is 0 Å². The Labute approximate surface area is 111 Å². The van der Waals surface area contributed by atoms with Gasteiger partial charge in [-0.15, -0.1) is 0 Å². The van der Waals surface area contributed by atoms with Crippen LogP contribution in [0.15, 0.2) is 40.2 Å². The maximum Gasteiger partial charge on any atom is 0.173 e. The number of benzene rings is 1. The highest BCUT2D eigenvalue weighted by Crippen LogP contribution is 2.23. The molecule has 0 fully saturated rings. The van der Waals surface area contributed by atoms with Crippen molar-refractivity contribution in [2.24, 2.45) is 10.9 Å². The highest BCUT2D eigenvalue weighted by molar-refractivity contribution is 9.10. The van der Waals surface area contributed by atoms with Crippen molar-refractivity contribution in [3.05, 3.63) is 45.7 Å². The molecule has 0 aliphatic heterocycles. The van der Waals surface area contributed by atoms with Crippen LogP contribution in [0.5, 0.6) is 0 Å². The largest absolute Gasteiger partial charge is 0.409 e. The molecule has 1 aromatic heterocycles. The second kappa shape index (κ2) is 4.77. The van der Waals surface area contributed by atoms with E-state index in [1.54, 1.807) is 35.3 Å². The molecular formula is C10H8BrClN4O. The zero-order valence-electron chi connectivity index (χ0n) is 8.51. The summed E-state index contributed by atoms with van der Waals surface area (Å²) in [5.41, 5.74) is 6.68. The van der Waals surface area contributed by atoms with Crippen LogP contribution in [0.3, 0.4) is 0 Å². The van der Waals surface area contributed by atoms with Crippen LogP contribution in [0.2, 0.25) is 5.02 Å². The molecule has 2 rings (SSSR count). The quantitative estimate of drug-likeness (QED) is 0.387. The van der Waals surface area contributed by atoms with E-state index < -0.39 is 0 Å². The molecule has 0 radical (unpaired) electrons. The van der Waals surface area contributed by atoms with Gasteiger partial charge < -0.3 is 10.9 Å². The molecule has 5 nitrogen and oxygen atoms in total. The maximum atomic E-state index is 8.75. The monoisotopic (exact) mass is 314 g/mol. The average molecular weight is 316 g/mol. The van der Waals surface area contributed by atoms with E-state index in [4.69, 9.17) is 22.5 Å². The van der Waals surface area contributed by atoms with Crippen LogP contribution in [-0.2, 0) is 0 Å². The predicted octanol–water partition coefficient (Wildman–Crippen LogP) is 2.38. The zero-order valence-corrected chi connectivity index (χ0v) is 10.9. The first-order valence-corrected chi connectivity index (χ1v) is 5.77. The molecule has 0 saturated carbocycles. The molecule has 7 heteroatoms. The van der Waals surface area contributed by atoms with E-state index in [2.05, 4.69) is 26.2 Å². The molecule has 2 aromatic rings. The molecule has 0 unspecified atom stereocenters. The highest BCUT2D eigenvalue weighted by atomic mass is 79.9. The Morgan fingerprint density at radius 2 is 2.29 bits per heavy atom. The molecular weight excluding hydrogens is 307 g/mol. The van der Waals surface area contributed by atoms with Gasteiger partial charge in [-0.25, -0.2) is 4.68 Å². The summed E-state index contributed by atoms with van der Waals surface area (Å²) < 4.78 is 2.41. The number of hydrogen-bond acceptors (Lipinski definition) is 3. The number of aromatic nitrogens is 2. The number of amidine groups is 1. The molecule has 0 bridgehead atoms. The van der Waals surface area contributed by atoms with Crippen molar-refractivity contribution < 1.29 is 5.21 Å². The number of rotatable bonds is 2. The van der Waals surface area contributed by atoms with Crippen LogP contribution >= 0.6 is 27.5 Å². The Kier molecular flexibility index (Phi) is 3.35. The van der Waals surface area contributed by atoms with Gasteiger partial charge in [-0.3, -0.25) is 0 Å². The summed E-state index contributed by atoms with van der Waals surface area (Å²) in [5.74, 6) is -0.0581. The Bertz CT molecular complexity index is 581. The fourth-order valence-electron chi connectivity index (χ4n) is 1.44. The van der Waals surface area contributed by atoms with Crippen LogP contribution < -0.4 is 5.73 Å². The van der Waals surface area contributed by atoms with Crippen molar-refractivity contribution in [2.45, 2.75) is 0 Å². The second-order valence-electron chi connectivity index (χ2n) is 3.22. The van der Waals surface area contributed by atoms with Gasteiger partial charge in [0.2, 0.25) is 0 Å². The van der Waals surface area contributed by atoms with Crippen molar-refractivity contribution in [1.29, 1.82) is 0 Å². The van der Waals surface area contributed by atoms with Crippen LogP contribution in [0, 0.1) is 0 Å². The molecule has 88 valence electrons. The zero-order chi connectivity index (χ0) is 12.4. The van der Waals surface area contributed by atoms with Crippen LogP contribution in [0.1, 0.15) is 5.56 Å². The molecule has 0 aliphatic rings. The molecule has 1 aromatic carbocycles. The van der Waals surface area contributed by atoms with Gasteiger partial charge in [0.15, 0.2) is 5.84 Å². The van der Waals surface area contributed by atoms with E-state index in [9.17, 15) is 0 Å². The van der Waals surface area contributed by atoms with E-state index in [1.807, 2.05) is 0 Å². The SMILES string of the molecule is NC(=NO)c1c(Cl)cccc1-n1cc(Br)cn1. The van der Waals surface area contributed by atoms with Gasteiger partial charge in [0.25, 0.3) is 0 Å². The van der Waals surface area contributed by atoms with Crippen molar-refractivity contribution in [2.75, 3.05) is 0 Å². The molecule has 0 saturated heterocycles. The minimum absolute atomic E-state index is 0.0581. The summed E-state index contributed by atoms with van der Waals surface area (Å²) in [4.78, 5) is 0. The van der Waals surface area contributed by atoms with E-state index in [-0.39, 0.29) is 5.84 Å². The van der Waals surface area contributed by atoms with Crippen LogP contribution in [-0.4, -0.2) is 20.8 Å². The van der Waals surface area contributed by atoms with Crippen molar-refractivity contribution in [3.63, 3.8) is 0 Å². The number of hydrogen-bond donors (Lipinski definition) is 2. The Morgan fingerprint density at radius 1 is 1.53 bits per heavy atom. The minimum Gasteiger partial charge on any atom is -0.409 e. The minimum atomic E-state index is -0.0581. The Hall–Kier alpha value is -1.53. The number of halogens is 2. The van der Waals surface area contributed by atoms with Crippen LogP contribution in [0.25, 0.3) is 5.69 Å². The standard InChI is InChI=1S/C10H8BrClN4O/c11-6-4-14-16(5-6)8-3-1-2-7(12)9(8)10(13)15-17/h1-5,17H,(H2,13,15). The molecule has 0 aliphatic carbocycles. The summed E-state index contributed by atoms with van der Waals surface area (Å²) in [6, 6.07) is 5.21. The van der Waals surface area contributed by atoms with E-state index >= 15 is 0 Å². The fraction of sp³-hybridized carbons (Fsp3) is 0. The first kappa shape index (κ1) is 11.9. The number of nitrogens with two attached hydrogens (primary N) is 1. The molecule has 3 N–H and O–H groups in total. The second-order valence-corrected chi connectivity index (χ2v) is 4.55. The third-order valence-electron chi connectivity index (χ3n) is 2.15. The smallest absolute Gasteiger partial charge is 0.173 e. The topological polar surface area (TPSA) is 76.4 Å². The van der Waals surface area contributed by atoms with Gasteiger partial charge in [-0.2, -0.15) is 5.10 Å². The van der Waals surface area contributed by atoms with Gasteiger partial charge in [-0.1, -0.05) is 22.8 Å². The molecule has 0 atom stereocenters. The van der Waals surface area contributed by atoms with E-state index in [0.29, 0.717) is 16.3 Å². The molecule has 17 heavy (non-hydrogen) atoms. The number of nitrogens with zero attached hydrogens (tertiary/aromatic N) is 3. The average Bonchev–Trinajstić information content (AvgIpc) is 2.74. The summed E-state index contributed by atoms with van der Waals surface area (Å²) in [6.07, 6.45) is 3.39. The molecule has 0 spiro atoms. The summed E-state index contributed by atoms with van der Waals surface area (Å²) in [7, 11) is 0. The maximum absolute atomic E-state index is 8.75. The van der Waals surface area contributed by atoms with Gasteiger partial charge in [0.05, 0.1) is 26.9 Å². The lowest BCUT2D eigenvalue weighted by molar-refractivity contribution is 0.318.